The largest absolute Gasteiger partial charge is 0.375 e. The van der Waals surface area contributed by atoms with Gasteiger partial charge in [0, 0.05) is 32.2 Å². The van der Waals surface area contributed by atoms with Gasteiger partial charge in [0.1, 0.15) is 0 Å². The minimum Gasteiger partial charge on any atom is -0.375 e. The van der Waals surface area contributed by atoms with E-state index in [4.69, 9.17) is 4.74 Å². The topological polar surface area (TPSA) is 24.5 Å². The van der Waals surface area contributed by atoms with Gasteiger partial charge in [-0.3, -0.25) is 4.90 Å². The third-order valence-corrected chi connectivity index (χ3v) is 4.51. The Morgan fingerprint density at radius 3 is 2.58 bits per heavy atom. The lowest BCUT2D eigenvalue weighted by Gasteiger charge is -2.42. The second-order valence-electron chi connectivity index (χ2n) is 7.17. The maximum absolute atomic E-state index is 5.91. The van der Waals surface area contributed by atoms with Crippen LogP contribution in [0.3, 0.4) is 0 Å². The molecule has 2 fully saturated rings. The molecule has 0 aromatic rings. The normalized spacial score (nSPS) is 27.6. The van der Waals surface area contributed by atoms with E-state index in [-0.39, 0.29) is 5.60 Å². The van der Waals surface area contributed by atoms with Gasteiger partial charge in [0.15, 0.2) is 0 Å². The van der Waals surface area contributed by atoms with E-state index in [2.05, 4.69) is 31.0 Å². The van der Waals surface area contributed by atoms with Crippen molar-refractivity contribution in [1.29, 1.82) is 0 Å². The first-order chi connectivity index (χ1) is 9.06. The fourth-order valence-corrected chi connectivity index (χ4v) is 3.50. The molecule has 0 aromatic heterocycles. The molecule has 112 valence electrons. The van der Waals surface area contributed by atoms with E-state index >= 15 is 0 Å². The lowest BCUT2D eigenvalue weighted by molar-refractivity contribution is -0.0254. The van der Waals surface area contributed by atoms with Crippen LogP contribution in [0.15, 0.2) is 0 Å². The molecular formula is C16H32N2O. The smallest absolute Gasteiger partial charge is 0.0600 e. The van der Waals surface area contributed by atoms with E-state index in [1.54, 1.807) is 0 Å². The van der Waals surface area contributed by atoms with Gasteiger partial charge in [0.25, 0.3) is 0 Å². The first-order valence-electron chi connectivity index (χ1n) is 8.15. The van der Waals surface area contributed by atoms with Gasteiger partial charge < -0.3 is 10.1 Å². The molecule has 1 heterocycles. The minimum atomic E-state index is -0.00558. The van der Waals surface area contributed by atoms with Crippen molar-refractivity contribution >= 4 is 0 Å². The van der Waals surface area contributed by atoms with Gasteiger partial charge in [-0.25, -0.2) is 0 Å². The second-order valence-corrected chi connectivity index (χ2v) is 7.17. The van der Waals surface area contributed by atoms with Crippen molar-refractivity contribution in [1.82, 2.24) is 10.2 Å². The summed E-state index contributed by atoms with van der Waals surface area (Å²) in [6.45, 7) is 11.9. The maximum Gasteiger partial charge on any atom is 0.0600 e. The van der Waals surface area contributed by atoms with Crippen LogP contribution < -0.4 is 5.32 Å². The summed E-state index contributed by atoms with van der Waals surface area (Å²) in [5.74, 6) is 0.913. The molecule has 3 nitrogen and oxygen atoms in total. The van der Waals surface area contributed by atoms with Crippen LogP contribution >= 0.6 is 0 Å². The average Bonchev–Trinajstić information content (AvgIpc) is 2.39. The molecule has 0 spiro atoms. The van der Waals surface area contributed by atoms with E-state index in [0.717, 1.165) is 31.7 Å². The van der Waals surface area contributed by atoms with Crippen molar-refractivity contribution in [2.24, 2.45) is 5.92 Å². The molecule has 2 aliphatic rings. The molecule has 2 rings (SSSR count). The first-order valence-corrected chi connectivity index (χ1v) is 8.15. The van der Waals surface area contributed by atoms with E-state index < -0.39 is 0 Å². The first kappa shape index (κ1) is 15.3. The molecule has 1 unspecified atom stereocenters. The van der Waals surface area contributed by atoms with Gasteiger partial charge in [-0.15, -0.1) is 0 Å². The SMILES string of the molecule is CC(C)(C)OCCN1CCNCC1C1CCCCC1. The Balaban J connectivity index is 1.81. The van der Waals surface area contributed by atoms with Crippen LogP contribution in [0.2, 0.25) is 0 Å². The molecule has 0 amide bonds. The molecular weight excluding hydrogens is 236 g/mol. The minimum absolute atomic E-state index is 0.00558. The summed E-state index contributed by atoms with van der Waals surface area (Å²) in [5.41, 5.74) is -0.00558. The Hall–Kier alpha value is -0.120. The lowest BCUT2D eigenvalue weighted by Crippen LogP contribution is -2.55. The molecule has 1 aliphatic heterocycles. The Morgan fingerprint density at radius 1 is 1.16 bits per heavy atom. The van der Waals surface area contributed by atoms with Crippen LogP contribution in [-0.4, -0.2) is 49.3 Å². The summed E-state index contributed by atoms with van der Waals surface area (Å²) in [5, 5.41) is 3.59. The number of hydrogen-bond donors (Lipinski definition) is 1. The number of piperazine rings is 1. The lowest BCUT2D eigenvalue weighted by atomic mass is 9.82. The van der Waals surface area contributed by atoms with Crippen molar-refractivity contribution in [3.63, 3.8) is 0 Å². The predicted octanol–water partition coefficient (Wildman–Crippen LogP) is 2.66. The third kappa shape index (κ3) is 5.05. The average molecular weight is 268 g/mol. The van der Waals surface area contributed by atoms with Crippen LogP contribution in [-0.2, 0) is 4.74 Å². The highest BCUT2D eigenvalue weighted by Gasteiger charge is 2.30. The molecule has 19 heavy (non-hydrogen) atoms. The molecule has 1 saturated heterocycles. The quantitative estimate of drug-likeness (QED) is 0.848. The highest BCUT2D eigenvalue weighted by atomic mass is 16.5. The van der Waals surface area contributed by atoms with Crippen LogP contribution in [0.5, 0.6) is 0 Å². The van der Waals surface area contributed by atoms with Gasteiger partial charge in [-0.05, 0) is 39.5 Å². The predicted molar refractivity (Wildman–Crippen MR) is 80.5 cm³/mol. The number of nitrogens with zero attached hydrogens (tertiary/aromatic N) is 1. The molecule has 3 heteroatoms. The summed E-state index contributed by atoms with van der Waals surface area (Å²) in [6, 6.07) is 0.748. The van der Waals surface area contributed by atoms with Crippen LogP contribution in [0.25, 0.3) is 0 Å². The monoisotopic (exact) mass is 268 g/mol. The number of hydrogen-bond acceptors (Lipinski definition) is 3. The van der Waals surface area contributed by atoms with Crippen molar-refractivity contribution in [2.75, 3.05) is 32.8 Å². The maximum atomic E-state index is 5.91. The van der Waals surface area contributed by atoms with E-state index in [1.165, 1.54) is 45.2 Å². The van der Waals surface area contributed by atoms with Gasteiger partial charge in [0.05, 0.1) is 12.2 Å². The zero-order valence-corrected chi connectivity index (χ0v) is 13.1. The molecule has 0 bridgehead atoms. The van der Waals surface area contributed by atoms with Crippen molar-refractivity contribution < 1.29 is 4.74 Å². The Morgan fingerprint density at radius 2 is 1.89 bits per heavy atom. The highest BCUT2D eigenvalue weighted by Crippen LogP contribution is 2.29. The Labute approximate surface area is 119 Å². The molecule has 1 atom stereocenters. The number of nitrogens with one attached hydrogen (secondary N) is 1. The second kappa shape index (κ2) is 7.05. The summed E-state index contributed by atoms with van der Waals surface area (Å²) in [4.78, 5) is 2.68. The summed E-state index contributed by atoms with van der Waals surface area (Å²) in [7, 11) is 0. The highest BCUT2D eigenvalue weighted by molar-refractivity contribution is 4.87. The summed E-state index contributed by atoms with van der Waals surface area (Å²) < 4.78 is 5.91. The van der Waals surface area contributed by atoms with E-state index in [9.17, 15) is 0 Å². The molecule has 1 saturated carbocycles. The van der Waals surface area contributed by atoms with Crippen LogP contribution in [0, 0.1) is 5.92 Å². The fraction of sp³-hybridized carbons (Fsp3) is 1.00. The van der Waals surface area contributed by atoms with Gasteiger partial charge in [0.2, 0.25) is 0 Å². The van der Waals surface area contributed by atoms with Crippen molar-refractivity contribution in [2.45, 2.75) is 64.5 Å². The molecule has 1 N–H and O–H groups in total. The zero-order chi connectivity index (χ0) is 13.7. The fourth-order valence-electron chi connectivity index (χ4n) is 3.50. The van der Waals surface area contributed by atoms with Gasteiger partial charge >= 0.3 is 0 Å². The van der Waals surface area contributed by atoms with E-state index in [1.807, 2.05) is 0 Å². The number of rotatable bonds is 4. The molecule has 0 aromatic carbocycles. The Bertz CT molecular complexity index is 256. The van der Waals surface area contributed by atoms with Crippen molar-refractivity contribution in [3.05, 3.63) is 0 Å². The summed E-state index contributed by atoms with van der Waals surface area (Å²) in [6.07, 6.45) is 7.19. The number of ether oxygens (including phenoxy) is 1. The zero-order valence-electron chi connectivity index (χ0n) is 13.1. The summed E-state index contributed by atoms with van der Waals surface area (Å²) >= 11 is 0. The van der Waals surface area contributed by atoms with Crippen molar-refractivity contribution in [3.8, 4) is 0 Å². The van der Waals surface area contributed by atoms with E-state index in [0.29, 0.717) is 0 Å². The van der Waals surface area contributed by atoms with Gasteiger partial charge in [-0.1, -0.05) is 19.3 Å². The third-order valence-electron chi connectivity index (χ3n) is 4.51. The van der Waals surface area contributed by atoms with Crippen LogP contribution in [0.4, 0.5) is 0 Å². The van der Waals surface area contributed by atoms with Gasteiger partial charge in [-0.2, -0.15) is 0 Å². The molecule has 1 aliphatic carbocycles. The van der Waals surface area contributed by atoms with Crippen LogP contribution in [0.1, 0.15) is 52.9 Å². The Kier molecular flexibility index (Phi) is 5.67. The molecule has 0 radical (unpaired) electrons. The standard InChI is InChI=1S/C16H32N2O/c1-16(2,3)19-12-11-18-10-9-17-13-15(18)14-7-5-4-6-8-14/h14-15,17H,4-13H2,1-3H3.